The van der Waals surface area contributed by atoms with Crippen molar-refractivity contribution in [1.82, 2.24) is 10.6 Å². The van der Waals surface area contributed by atoms with Gasteiger partial charge in [0.25, 0.3) is 0 Å². The third-order valence-electron chi connectivity index (χ3n) is 3.94. The lowest BCUT2D eigenvalue weighted by Crippen LogP contribution is -2.55. The van der Waals surface area contributed by atoms with Crippen LogP contribution in [0, 0.1) is 5.82 Å². The molecule has 0 aromatic heterocycles. The average molecular weight is 294 g/mol. The maximum Gasteiger partial charge on any atom is 0.329 e. The first-order valence-corrected chi connectivity index (χ1v) is 7.01. The van der Waals surface area contributed by atoms with Gasteiger partial charge in [0.05, 0.1) is 6.04 Å². The minimum Gasteiger partial charge on any atom is -0.480 e. The van der Waals surface area contributed by atoms with Crippen molar-refractivity contribution in [3.8, 4) is 0 Å². The molecule has 0 radical (unpaired) electrons. The van der Waals surface area contributed by atoms with Crippen molar-refractivity contribution >= 4 is 12.0 Å². The predicted octanol–water partition coefficient (Wildman–Crippen LogP) is 2.58. The Labute approximate surface area is 122 Å². The Morgan fingerprint density at radius 2 is 1.90 bits per heavy atom. The van der Waals surface area contributed by atoms with Crippen molar-refractivity contribution < 1.29 is 19.1 Å². The number of halogens is 1. The van der Waals surface area contributed by atoms with E-state index >= 15 is 0 Å². The lowest BCUT2D eigenvalue weighted by molar-refractivity contribution is -0.144. The number of nitrogens with one attached hydrogen (secondary N) is 2. The number of urea groups is 1. The zero-order valence-corrected chi connectivity index (χ0v) is 11.9. The zero-order chi connectivity index (χ0) is 15.5. The second-order valence-corrected chi connectivity index (χ2v) is 5.44. The van der Waals surface area contributed by atoms with Gasteiger partial charge in [-0.3, -0.25) is 0 Å². The van der Waals surface area contributed by atoms with Crippen LogP contribution in [0.15, 0.2) is 24.3 Å². The summed E-state index contributed by atoms with van der Waals surface area (Å²) in [5, 5.41) is 14.4. The molecule has 3 N–H and O–H groups in total. The molecule has 1 aliphatic carbocycles. The summed E-state index contributed by atoms with van der Waals surface area (Å²) >= 11 is 0. The molecule has 114 valence electrons. The number of carboxylic acid groups (broad SMARTS) is 1. The van der Waals surface area contributed by atoms with E-state index in [9.17, 15) is 19.1 Å². The molecule has 0 aliphatic heterocycles. The summed E-state index contributed by atoms with van der Waals surface area (Å²) in [6, 6.07) is 5.03. The molecule has 1 aromatic rings. The standard InChI is InChI=1S/C15H19FN2O3/c1-10(11-6-2-3-7-12(11)16)17-14(21)18-15(13(19)20)8-4-5-9-15/h2-3,6-7,10H,4-5,8-9H2,1H3,(H,19,20)(H2,17,18,21). The number of carboxylic acids is 1. The molecule has 21 heavy (non-hydrogen) atoms. The molecule has 1 unspecified atom stereocenters. The van der Waals surface area contributed by atoms with Gasteiger partial charge in [-0.2, -0.15) is 0 Å². The molecule has 6 heteroatoms. The first kappa shape index (κ1) is 15.3. The van der Waals surface area contributed by atoms with E-state index in [0.29, 0.717) is 18.4 Å². The van der Waals surface area contributed by atoms with Crippen molar-refractivity contribution in [2.45, 2.75) is 44.2 Å². The van der Waals surface area contributed by atoms with Crippen LogP contribution < -0.4 is 10.6 Å². The summed E-state index contributed by atoms with van der Waals surface area (Å²) in [6.45, 7) is 1.65. The number of carbonyl (C=O) groups excluding carboxylic acids is 1. The fourth-order valence-corrected chi connectivity index (χ4v) is 2.72. The molecular formula is C15H19FN2O3. The van der Waals surface area contributed by atoms with Crippen LogP contribution in [0.1, 0.15) is 44.2 Å². The highest BCUT2D eigenvalue weighted by atomic mass is 19.1. The van der Waals surface area contributed by atoms with Crippen LogP contribution in [0.5, 0.6) is 0 Å². The summed E-state index contributed by atoms with van der Waals surface area (Å²) in [5.41, 5.74) is -0.831. The van der Waals surface area contributed by atoms with Crippen molar-refractivity contribution in [2.75, 3.05) is 0 Å². The molecule has 0 saturated heterocycles. The van der Waals surface area contributed by atoms with Crippen LogP contribution >= 0.6 is 0 Å². The van der Waals surface area contributed by atoms with Gasteiger partial charge in [-0.25, -0.2) is 14.0 Å². The number of rotatable bonds is 4. The molecule has 1 aromatic carbocycles. The van der Waals surface area contributed by atoms with Gasteiger partial charge in [0.2, 0.25) is 0 Å². The third kappa shape index (κ3) is 3.32. The Morgan fingerprint density at radius 3 is 2.48 bits per heavy atom. The Balaban J connectivity index is 2.01. The molecular weight excluding hydrogens is 275 g/mol. The Morgan fingerprint density at radius 1 is 1.29 bits per heavy atom. The molecule has 1 fully saturated rings. The molecule has 5 nitrogen and oxygen atoms in total. The normalized spacial score (nSPS) is 18.0. The fourth-order valence-electron chi connectivity index (χ4n) is 2.72. The van der Waals surface area contributed by atoms with Crippen LogP contribution in [0.2, 0.25) is 0 Å². The number of benzene rings is 1. The average Bonchev–Trinajstić information content (AvgIpc) is 2.88. The van der Waals surface area contributed by atoms with Crippen molar-refractivity contribution in [3.05, 3.63) is 35.6 Å². The molecule has 1 aliphatic rings. The molecule has 0 bridgehead atoms. The van der Waals surface area contributed by atoms with Crippen LogP contribution in [-0.2, 0) is 4.79 Å². The monoisotopic (exact) mass is 294 g/mol. The van der Waals surface area contributed by atoms with E-state index in [1.165, 1.54) is 6.07 Å². The highest BCUT2D eigenvalue weighted by Crippen LogP contribution is 2.30. The van der Waals surface area contributed by atoms with E-state index in [2.05, 4.69) is 10.6 Å². The van der Waals surface area contributed by atoms with Crippen LogP contribution in [-0.4, -0.2) is 22.6 Å². The maximum atomic E-state index is 13.6. The SMILES string of the molecule is CC(NC(=O)NC1(C(=O)O)CCCC1)c1ccccc1F. The Hall–Kier alpha value is -2.11. The largest absolute Gasteiger partial charge is 0.480 e. The van der Waals surface area contributed by atoms with Gasteiger partial charge in [0, 0.05) is 5.56 Å². The number of hydrogen-bond donors (Lipinski definition) is 3. The van der Waals surface area contributed by atoms with Crippen LogP contribution in [0.25, 0.3) is 0 Å². The Bertz CT molecular complexity index is 541. The summed E-state index contributed by atoms with van der Waals surface area (Å²) in [6.07, 6.45) is 2.39. The number of carbonyl (C=O) groups is 2. The van der Waals surface area contributed by atoms with Crippen LogP contribution in [0.4, 0.5) is 9.18 Å². The second kappa shape index (κ2) is 6.11. The van der Waals surface area contributed by atoms with E-state index in [-0.39, 0.29) is 0 Å². The summed E-state index contributed by atoms with van der Waals surface area (Å²) in [5.74, 6) is -1.42. The molecule has 2 rings (SSSR count). The predicted molar refractivity (Wildman–Crippen MR) is 75.3 cm³/mol. The third-order valence-corrected chi connectivity index (χ3v) is 3.94. The van der Waals surface area contributed by atoms with Gasteiger partial charge < -0.3 is 15.7 Å². The van der Waals surface area contributed by atoms with E-state index in [0.717, 1.165) is 12.8 Å². The summed E-state index contributed by atoms with van der Waals surface area (Å²) in [4.78, 5) is 23.4. The van der Waals surface area contributed by atoms with Crippen molar-refractivity contribution in [1.29, 1.82) is 0 Å². The quantitative estimate of drug-likeness (QED) is 0.798. The fraction of sp³-hybridized carbons (Fsp3) is 0.467. The highest BCUT2D eigenvalue weighted by Gasteiger charge is 2.42. The minimum atomic E-state index is -1.20. The molecule has 0 heterocycles. The van der Waals surface area contributed by atoms with Crippen LogP contribution in [0.3, 0.4) is 0 Å². The lowest BCUT2D eigenvalue weighted by atomic mass is 9.98. The molecule has 1 atom stereocenters. The summed E-state index contributed by atoms with van der Waals surface area (Å²) < 4.78 is 13.6. The van der Waals surface area contributed by atoms with E-state index in [4.69, 9.17) is 0 Å². The highest BCUT2D eigenvalue weighted by molar-refractivity contribution is 5.86. The van der Waals surface area contributed by atoms with Gasteiger partial charge in [-0.15, -0.1) is 0 Å². The molecule has 0 spiro atoms. The maximum absolute atomic E-state index is 13.6. The van der Waals surface area contributed by atoms with Gasteiger partial charge in [0.15, 0.2) is 0 Å². The zero-order valence-electron chi connectivity index (χ0n) is 11.9. The van der Waals surface area contributed by atoms with Gasteiger partial charge in [-0.05, 0) is 25.8 Å². The van der Waals surface area contributed by atoms with Gasteiger partial charge in [0.1, 0.15) is 11.4 Å². The van der Waals surface area contributed by atoms with Crippen molar-refractivity contribution in [2.24, 2.45) is 0 Å². The van der Waals surface area contributed by atoms with E-state index in [1.54, 1.807) is 25.1 Å². The second-order valence-electron chi connectivity index (χ2n) is 5.44. The molecule has 2 amide bonds. The molecule has 1 saturated carbocycles. The number of hydrogen-bond acceptors (Lipinski definition) is 2. The first-order valence-electron chi connectivity index (χ1n) is 7.01. The topological polar surface area (TPSA) is 78.4 Å². The smallest absolute Gasteiger partial charge is 0.329 e. The van der Waals surface area contributed by atoms with Crippen molar-refractivity contribution in [3.63, 3.8) is 0 Å². The van der Waals surface area contributed by atoms with Gasteiger partial charge >= 0.3 is 12.0 Å². The Kier molecular flexibility index (Phi) is 4.45. The number of aliphatic carboxylic acids is 1. The number of amides is 2. The minimum absolute atomic E-state index is 0.364. The van der Waals surface area contributed by atoms with E-state index < -0.39 is 29.4 Å². The lowest BCUT2D eigenvalue weighted by Gasteiger charge is -2.26. The summed E-state index contributed by atoms with van der Waals surface area (Å²) in [7, 11) is 0. The van der Waals surface area contributed by atoms with Gasteiger partial charge in [-0.1, -0.05) is 31.0 Å². The first-order chi connectivity index (χ1) is 9.94. The van der Waals surface area contributed by atoms with E-state index in [1.807, 2.05) is 0 Å².